The van der Waals surface area contributed by atoms with E-state index in [1.807, 2.05) is 6.07 Å². The number of rotatable bonds is 4. The molecule has 55 heavy (non-hydrogen) atoms. The minimum atomic E-state index is 0.0938. The van der Waals surface area contributed by atoms with Crippen molar-refractivity contribution in [3.05, 3.63) is 181 Å². The fraction of sp³-hybridized carbons (Fsp3) is 0.0769. The van der Waals surface area contributed by atoms with Crippen molar-refractivity contribution in [2.75, 3.05) is 0 Å². The van der Waals surface area contributed by atoms with Gasteiger partial charge in [-0.1, -0.05) is 130 Å². The van der Waals surface area contributed by atoms with Gasteiger partial charge in [0.1, 0.15) is 11.2 Å². The van der Waals surface area contributed by atoms with Crippen LogP contribution in [0, 0.1) is 0 Å². The van der Waals surface area contributed by atoms with E-state index in [9.17, 15) is 0 Å². The topological polar surface area (TPSA) is 23.0 Å². The molecule has 0 bridgehead atoms. The Morgan fingerprint density at radius 2 is 0.836 bits per heavy atom. The molecule has 0 spiro atoms. The molecule has 0 aliphatic carbocycles. The van der Waals surface area contributed by atoms with E-state index in [0.29, 0.717) is 0 Å². The Morgan fingerprint density at radius 3 is 1.45 bits per heavy atom. The first kappa shape index (κ1) is 31.7. The summed E-state index contributed by atoms with van der Waals surface area (Å²) >= 11 is 0. The molecule has 0 fully saturated rings. The lowest BCUT2D eigenvalue weighted by molar-refractivity contribution is 0.591. The lowest BCUT2D eigenvalue weighted by Crippen LogP contribution is -2.10. The van der Waals surface area contributed by atoms with Crippen LogP contribution in [0.4, 0.5) is 0 Å². The second-order valence-corrected chi connectivity index (χ2v) is 15.8. The van der Waals surface area contributed by atoms with E-state index in [4.69, 9.17) is 4.42 Å². The maximum atomic E-state index is 6.28. The molecule has 0 unspecified atom stereocenters. The minimum Gasteiger partial charge on any atom is -0.456 e. The summed E-state index contributed by atoms with van der Waals surface area (Å²) in [6.45, 7) is 6.84. The molecule has 11 aromatic rings. The number of para-hydroxylation sites is 3. The van der Waals surface area contributed by atoms with Gasteiger partial charge in [0.25, 0.3) is 0 Å². The highest BCUT2D eigenvalue weighted by molar-refractivity contribution is 6.27. The van der Waals surface area contributed by atoms with Gasteiger partial charge in [-0.2, -0.15) is 0 Å². The van der Waals surface area contributed by atoms with Gasteiger partial charge in [0.05, 0.1) is 22.1 Å². The van der Waals surface area contributed by atoms with Crippen molar-refractivity contribution in [3.63, 3.8) is 0 Å². The first-order valence-corrected chi connectivity index (χ1v) is 19.1. The molecule has 3 heterocycles. The molecule has 3 nitrogen and oxygen atoms in total. The Labute approximate surface area is 319 Å². The molecule has 0 radical (unpaired) electrons. The molecule has 0 aliphatic heterocycles. The van der Waals surface area contributed by atoms with Crippen LogP contribution in [0.1, 0.15) is 26.3 Å². The second kappa shape index (κ2) is 11.8. The largest absolute Gasteiger partial charge is 0.456 e. The number of fused-ring (bicyclic) bond motifs is 10. The van der Waals surface area contributed by atoms with Gasteiger partial charge < -0.3 is 13.6 Å². The number of benzene rings is 8. The van der Waals surface area contributed by atoms with Crippen molar-refractivity contribution in [2.24, 2.45) is 0 Å². The summed E-state index contributed by atoms with van der Waals surface area (Å²) in [5.41, 5.74) is 15.2. The van der Waals surface area contributed by atoms with Gasteiger partial charge in [0.2, 0.25) is 0 Å². The van der Waals surface area contributed by atoms with E-state index in [2.05, 4.69) is 200 Å². The maximum absolute atomic E-state index is 6.28. The van der Waals surface area contributed by atoms with Crippen molar-refractivity contribution in [2.45, 2.75) is 26.2 Å². The molecule has 0 aliphatic rings. The number of hydrogen-bond donors (Lipinski definition) is 0. The van der Waals surface area contributed by atoms with Crippen LogP contribution >= 0.6 is 0 Å². The first-order valence-electron chi connectivity index (χ1n) is 19.1. The summed E-state index contributed by atoms with van der Waals surface area (Å²) in [5, 5.41) is 7.38. The predicted octanol–water partition coefficient (Wildman–Crippen LogP) is 14.4. The van der Waals surface area contributed by atoms with Crippen LogP contribution in [0.3, 0.4) is 0 Å². The summed E-state index contributed by atoms with van der Waals surface area (Å²) in [5.74, 6) is 0. The van der Waals surface area contributed by atoms with Crippen LogP contribution in [0.2, 0.25) is 0 Å². The number of furan rings is 1. The average molecular weight is 707 g/mol. The van der Waals surface area contributed by atoms with Gasteiger partial charge >= 0.3 is 0 Å². The van der Waals surface area contributed by atoms with Gasteiger partial charge in [0, 0.05) is 43.7 Å². The summed E-state index contributed by atoms with van der Waals surface area (Å²) in [6.07, 6.45) is 0. The lowest BCUT2D eigenvalue weighted by atomic mass is 9.86. The zero-order valence-corrected chi connectivity index (χ0v) is 31.0. The fourth-order valence-corrected chi connectivity index (χ4v) is 8.73. The van der Waals surface area contributed by atoms with Gasteiger partial charge in [-0.3, -0.25) is 0 Å². The van der Waals surface area contributed by atoms with E-state index in [1.54, 1.807) is 0 Å². The van der Waals surface area contributed by atoms with Crippen molar-refractivity contribution in [1.29, 1.82) is 0 Å². The highest BCUT2D eigenvalue weighted by atomic mass is 16.3. The number of aromatic nitrogens is 2. The van der Waals surface area contributed by atoms with Crippen molar-refractivity contribution < 1.29 is 4.42 Å². The van der Waals surface area contributed by atoms with Crippen LogP contribution < -0.4 is 0 Å². The molecule has 0 atom stereocenters. The van der Waals surface area contributed by atoms with Gasteiger partial charge in [0.15, 0.2) is 0 Å². The molecule has 262 valence electrons. The maximum Gasteiger partial charge on any atom is 0.136 e. The Morgan fingerprint density at radius 1 is 0.364 bits per heavy atom. The SMILES string of the molecule is CC(C)(C)c1ccc2c(c1)c1ccccc1n2-c1ccc(-c2ccc(-c3ccc(-n4c5ccccc5c5c6c(ccc54)oc4ccccc46)cc3)cc2)cc1. The standard InChI is InChI=1S/C52H38N2O/c1-52(2,3)37-24-29-46-43(32-37)40-10-4-7-13-44(40)53(46)38-25-20-35(21-26-38)33-16-18-34(19-17-33)36-22-27-39(28-23-36)54-45-14-8-5-11-41(45)50-47(54)30-31-49-51(50)42-12-6-9-15-48(42)55-49/h4-32H,1-3H3. The molecule has 8 aromatic carbocycles. The van der Waals surface area contributed by atoms with Crippen molar-refractivity contribution >= 4 is 65.6 Å². The third-order valence-electron chi connectivity index (χ3n) is 11.5. The van der Waals surface area contributed by atoms with Gasteiger partial charge in [-0.05, 0) is 100.0 Å². The average Bonchev–Trinajstić information content (AvgIpc) is 3.88. The molecule has 11 rings (SSSR count). The van der Waals surface area contributed by atoms with E-state index in [1.165, 1.54) is 82.5 Å². The minimum absolute atomic E-state index is 0.0938. The normalized spacial score (nSPS) is 12.3. The molecular formula is C52H38N2O. The summed E-state index contributed by atoms with van der Waals surface area (Å²) in [6, 6.07) is 63.9. The van der Waals surface area contributed by atoms with Gasteiger partial charge in [-0.25, -0.2) is 0 Å². The van der Waals surface area contributed by atoms with E-state index < -0.39 is 0 Å². The fourth-order valence-electron chi connectivity index (χ4n) is 8.73. The summed E-state index contributed by atoms with van der Waals surface area (Å²) < 4.78 is 11.1. The van der Waals surface area contributed by atoms with Crippen molar-refractivity contribution in [3.8, 4) is 33.6 Å². The highest BCUT2D eigenvalue weighted by Gasteiger charge is 2.20. The van der Waals surface area contributed by atoms with E-state index in [-0.39, 0.29) is 5.41 Å². The predicted molar refractivity (Wildman–Crippen MR) is 232 cm³/mol. The van der Waals surface area contributed by atoms with Crippen LogP contribution in [0.5, 0.6) is 0 Å². The molecular weight excluding hydrogens is 669 g/mol. The van der Waals surface area contributed by atoms with Crippen LogP contribution in [0.15, 0.2) is 180 Å². The zero-order chi connectivity index (χ0) is 36.8. The molecule has 0 saturated carbocycles. The molecule has 3 heteroatoms. The quantitative estimate of drug-likeness (QED) is 0.179. The third kappa shape index (κ3) is 4.90. The van der Waals surface area contributed by atoms with Crippen LogP contribution in [-0.2, 0) is 5.41 Å². The Kier molecular flexibility index (Phi) is 6.81. The van der Waals surface area contributed by atoms with Crippen LogP contribution in [-0.4, -0.2) is 9.13 Å². The highest BCUT2D eigenvalue weighted by Crippen LogP contribution is 2.41. The molecule has 0 saturated heterocycles. The smallest absolute Gasteiger partial charge is 0.136 e. The van der Waals surface area contributed by atoms with E-state index >= 15 is 0 Å². The second-order valence-electron chi connectivity index (χ2n) is 15.8. The van der Waals surface area contributed by atoms with Crippen molar-refractivity contribution in [1.82, 2.24) is 9.13 Å². The Balaban J connectivity index is 0.914. The Hall–Kier alpha value is -6.84. The number of hydrogen-bond acceptors (Lipinski definition) is 1. The monoisotopic (exact) mass is 706 g/mol. The van der Waals surface area contributed by atoms with Crippen LogP contribution in [0.25, 0.3) is 99.2 Å². The zero-order valence-electron chi connectivity index (χ0n) is 31.0. The molecule has 0 amide bonds. The first-order chi connectivity index (χ1) is 26.9. The summed E-state index contributed by atoms with van der Waals surface area (Å²) in [7, 11) is 0. The lowest BCUT2D eigenvalue weighted by Gasteiger charge is -2.19. The van der Waals surface area contributed by atoms with Gasteiger partial charge in [-0.15, -0.1) is 0 Å². The third-order valence-corrected chi connectivity index (χ3v) is 11.5. The molecule has 3 aromatic heterocycles. The number of nitrogens with zero attached hydrogens (tertiary/aromatic N) is 2. The Bertz CT molecular complexity index is 3260. The summed E-state index contributed by atoms with van der Waals surface area (Å²) in [4.78, 5) is 0. The van der Waals surface area contributed by atoms with E-state index in [0.717, 1.165) is 22.2 Å². The molecule has 0 N–H and O–H groups in total.